The molecule has 0 aliphatic rings. The van der Waals surface area contributed by atoms with Gasteiger partial charge in [0.2, 0.25) is 0 Å². The van der Waals surface area contributed by atoms with Crippen molar-refractivity contribution in [3.05, 3.63) is 243 Å². The second kappa shape index (κ2) is 17.3. The van der Waals surface area contributed by atoms with Crippen molar-refractivity contribution in [2.24, 2.45) is 0 Å². The van der Waals surface area contributed by atoms with E-state index in [9.17, 15) is 0 Å². The molecule has 0 radical (unpaired) electrons. The third-order valence-electron chi connectivity index (χ3n) is 13.2. The van der Waals surface area contributed by atoms with Gasteiger partial charge in [0.15, 0.2) is 17.5 Å². The summed E-state index contributed by atoms with van der Waals surface area (Å²) < 4.78 is 0. The van der Waals surface area contributed by atoms with Crippen LogP contribution in [0.5, 0.6) is 0 Å². The zero-order valence-electron chi connectivity index (χ0n) is 37.8. The number of rotatable bonds is 8. The fraction of sp³-hybridized carbons (Fsp3) is 0. The summed E-state index contributed by atoms with van der Waals surface area (Å²) in [6.45, 7) is 0. The van der Waals surface area contributed by atoms with E-state index < -0.39 is 0 Å². The van der Waals surface area contributed by atoms with Gasteiger partial charge in [-0.25, -0.2) is 24.9 Å². The number of pyridine rings is 3. The molecule has 13 rings (SSSR count). The van der Waals surface area contributed by atoms with Crippen molar-refractivity contribution in [1.82, 2.24) is 29.9 Å². The highest BCUT2D eigenvalue weighted by atomic mass is 15.0. The second-order valence-corrected chi connectivity index (χ2v) is 17.5. The standard InChI is InChI=1S/C64H40N6/c1-4-14-54-49(12-1)39-57(56-16-6-5-15-55(54)56)52-36-51(42-21-19-41(20-22-42)50-13-9-35-65-40-50)37-53(38-52)64-69-62(47-27-23-45(24-28-47)60-33-31-43-10-2-7-17-58(43)66-60)68-63(70-64)48-29-25-46(26-30-48)61-34-32-44-11-3-8-18-59(44)67-61/h1-40H. The summed E-state index contributed by atoms with van der Waals surface area (Å²) in [5.74, 6) is 1.71. The molecule has 4 aromatic heterocycles. The average Bonchev–Trinajstić information content (AvgIpc) is 3.44. The fourth-order valence-electron chi connectivity index (χ4n) is 9.56. The van der Waals surface area contributed by atoms with Crippen LogP contribution in [0.4, 0.5) is 0 Å². The Labute approximate surface area is 404 Å². The maximum atomic E-state index is 5.32. The van der Waals surface area contributed by atoms with Crippen LogP contribution in [0.25, 0.3) is 133 Å². The quantitative estimate of drug-likeness (QED) is 0.141. The maximum Gasteiger partial charge on any atom is 0.164 e. The van der Waals surface area contributed by atoms with E-state index in [4.69, 9.17) is 24.9 Å². The molecule has 0 saturated carbocycles. The van der Waals surface area contributed by atoms with Gasteiger partial charge in [0.05, 0.1) is 22.4 Å². The lowest BCUT2D eigenvalue weighted by atomic mass is 9.90. The normalized spacial score (nSPS) is 11.4. The Bertz CT molecular complexity index is 3950. The summed E-state index contributed by atoms with van der Waals surface area (Å²) in [5.41, 5.74) is 14.9. The smallest absolute Gasteiger partial charge is 0.164 e. The minimum atomic E-state index is 0.570. The minimum Gasteiger partial charge on any atom is -0.264 e. The van der Waals surface area contributed by atoms with Gasteiger partial charge in [-0.1, -0.05) is 176 Å². The highest BCUT2D eigenvalue weighted by Gasteiger charge is 2.18. The van der Waals surface area contributed by atoms with Crippen LogP contribution in [-0.4, -0.2) is 29.9 Å². The van der Waals surface area contributed by atoms with Crippen molar-refractivity contribution in [3.8, 4) is 90.1 Å². The van der Waals surface area contributed by atoms with Crippen LogP contribution in [0.15, 0.2) is 243 Å². The largest absolute Gasteiger partial charge is 0.264 e. The molecule has 6 heteroatoms. The summed E-state index contributed by atoms with van der Waals surface area (Å²) >= 11 is 0. The summed E-state index contributed by atoms with van der Waals surface area (Å²) in [7, 11) is 0. The topological polar surface area (TPSA) is 77.3 Å². The molecule has 0 unspecified atom stereocenters. The second-order valence-electron chi connectivity index (χ2n) is 17.5. The van der Waals surface area contributed by atoms with E-state index in [-0.39, 0.29) is 0 Å². The summed E-state index contributed by atoms with van der Waals surface area (Å²) in [4.78, 5) is 30.2. The van der Waals surface area contributed by atoms with Crippen LogP contribution in [-0.2, 0) is 0 Å². The van der Waals surface area contributed by atoms with Crippen molar-refractivity contribution in [2.75, 3.05) is 0 Å². The van der Waals surface area contributed by atoms with E-state index >= 15 is 0 Å². The van der Waals surface area contributed by atoms with Crippen molar-refractivity contribution in [1.29, 1.82) is 0 Å². The number of hydrogen-bond acceptors (Lipinski definition) is 6. The first-order valence-electron chi connectivity index (χ1n) is 23.4. The van der Waals surface area contributed by atoms with Crippen LogP contribution in [0.1, 0.15) is 0 Å². The van der Waals surface area contributed by atoms with Crippen molar-refractivity contribution >= 4 is 43.4 Å². The molecule has 6 nitrogen and oxygen atoms in total. The zero-order valence-corrected chi connectivity index (χ0v) is 37.8. The van der Waals surface area contributed by atoms with Crippen molar-refractivity contribution in [3.63, 3.8) is 0 Å². The molecule has 70 heavy (non-hydrogen) atoms. The molecule has 0 N–H and O–H groups in total. The molecule has 9 aromatic carbocycles. The predicted molar refractivity (Wildman–Crippen MR) is 287 cm³/mol. The molecule has 0 bridgehead atoms. The van der Waals surface area contributed by atoms with Gasteiger partial charge in [0, 0.05) is 51.0 Å². The van der Waals surface area contributed by atoms with E-state index in [1.807, 2.05) is 48.7 Å². The van der Waals surface area contributed by atoms with E-state index in [0.717, 1.165) is 94.4 Å². The lowest BCUT2D eigenvalue weighted by Gasteiger charge is -2.15. The van der Waals surface area contributed by atoms with Crippen LogP contribution >= 0.6 is 0 Å². The lowest BCUT2D eigenvalue weighted by molar-refractivity contribution is 1.07. The van der Waals surface area contributed by atoms with Crippen LogP contribution in [0.2, 0.25) is 0 Å². The molecule has 0 atom stereocenters. The minimum absolute atomic E-state index is 0.570. The van der Waals surface area contributed by atoms with Gasteiger partial charge in [0.1, 0.15) is 0 Å². The maximum absolute atomic E-state index is 5.32. The van der Waals surface area contributed by atoms with E-state index in [1.165, 1.54) is 21.5 Å². The lowest BCUT2D eigenvalue weighted by Crippen LogP contribution is -2.01. The summed E-state index contributed by atoms with van der Waals surface area (Å²) in [6.07, 6.45) is 3.70. The highest BCUT2D eigenvalue weighted by Crippen LogP contribution is 2.40. The Morgan fingerprint density at radius 1 is 0.243 bits per heavy atom. The number of para-hydroxylation sites is 2. The Kier molecular flexibility index (Phi) is 10.1. The molecular formula is C64H40N6. The highest BCUT2D eigenvalue weighted by molar-refractivity contribution is 6.14. The monoisotopic (exact) mass is 892 g/mol. The van der Waals surface area contributed by atoms with Gasteiger partial charge >= 0.3 is 0 Å². The van der Waals surface area contributed by atoms with Gasteiger partial charge < -0.3 is 0 Å². The third-order valence-corrected chi connectivity index (χ3v) is 13.2. The molecule has 13 aromatic rings. The van der Waals surface area contributed by atoms with Crippen molar-refractivity contribution < 1.29 is 0 Å². The SMILES string of the molecule is c1cncc(-c2ccc(-c3cc(-c4nc(-c5ccc(-c6ccc7ccccc7n6)cc5)nc(-c5ccc(-c6ccc7ccccc7n6)cc5)n4)cc(-c4cc5ccccc5c5ccccc45)c3)cc2)c1. The Morgan fingerprint density at radius 3 is 1.29 bits per heavy atom. The number of nitrogens with zero attached hydrogens (tertiary/aromatic N) is 6. The predicted octanol–water partition coefficient (Wildman–Crippen LogP) is 16.0. The Balaban J connectivity index is 0.978. The number of hydrogen-bond donors (Lipinski definition) is 0. The van der Waals surface area contributed by atoms with E-state index in [1.54, 1.807) is 6.20 Å². The number of aromatic nitrogens is 6. The van der Waals surface area contributed by atoms with E-state index in [0.29, 0.717) is 17.5 Å². The Morgan fingerprint density at radius 2 is 0.700 bits per heavy atom. The molecular weight excluding hydrogens is 853 g/mol. The van der Waals surface area contributed by atoms with Gasteiger partial charge in [-0.15, -0.1) is 0 Å². The van der Waals surface area contributed by atoms with Gasteiger partial charge in [0.25, 0.3) is 0 Å². The van der Waals surface area contributed by atoms with Crippen LogP contribution in [0.3, 0.4) is 0 Å². The first-order valence-corrected chi connectivity index (χ1v) is 23.4. The van der Waals surface area contributed by atoms with Gasteiger partial charge in [-0.05, 0) is 110 Å². The number of benzene rings is 9. The fourth-order valence-corrected chi connectivity index (χ4v) is 9.56. The molecule has 0 aliphatic heterocycles. The molecule has 4 heterocycles. The first-order chi connectivity index (χ1) is 34.6. The molecule has 0 saturated heterocycles. The molecule has 326 valence electrons. The molecule has 0 fully saturated rings. The van der Waals surface area contributed by atoms with Gasteiger partial charge in [-0.3, -0.25) is 4.98 Å². The van der Waals surface area contributed by atoms with Crippen LogP contribution in [0, 0.1) is 0 Å². The molecule has 0 spiro atoms. The zero-order chi connectivity index (χ0) is 46.4. The number of fused-ring (bicyclic) bond motifs is 5. The third kappa shape index (κ3) is 7.69. The average molecular weight is 893 g/mol. The summed E-state index contributed by atoms with van der Waals surface area (Å²) in [6, 6.07) is 80.6. The van der Waals surface area contributed by atoms with Crippen LogP contribution < -0.4 is 0 Å². The molecule has 0 amide bonds. The van der Waals surface area contributed by atoms with Gasteiger partial charge in [-0.2, -0.15) is 0 Å². The van der Waals surface area contributed by atoms with Crippen molar-refractivity contribution in [2.45, 2.75) is 0 Å². The Hall–Kier alpha value is -9.52. The first kappa shape index (κ1) is 40.7. The van der Waals surface area contributed by atoms with E-state index in [2.05, 4.69) is 193 Å². The molecule has 0 aliphatic carbocycles. The summed E-state index contributed by atoms with van der Waals surface area (Å²) in [5, 5.41) is 7.00.